The second-order valence-corrected chi connectivity index (χ2v) is 1.70. The molecule has 0 unspecified atom stereocenters. The topological polar surface area (TPSA) is 118 Å². The Morgan fingerprint density at radius 2 is 2.15 bits per heavy atom. The monoisotopic (exact) mass is 169 g/mol. The number of aromatic carboxylic acids is 1. The molecule has 1 aromatic rings. The third-order valence-corrected chi connectivity index (χ3v) is 1.06. The largest absolute Gasteiger partial charge is 1.00 e. The van der Waals surface area contributed by atoms with E-state index in [2.05, 4.69) is 10.3 Å². The fraction of sp³-hybridized carbons (Fsp3) is 0. The molecule has 0 saturated heterocycles. The maximum absolute atomic E-state index is 10.2. The number of carboxylic acid groups (broad SMARTS) is 1. The molecule has 0 aliphatic carbocycles. The van der Waals surface area contributed by atoms with E-state index >= 15 is 0 Å². The Morgan fingerprint density at radius 3 is 2.54 bits per heavy atom. The van der Waals surface area contributed by atoms with Gasteiger partial charge in [0.05, 0.1) is 5.97 Å². The Labute approximate surface area is 84.4 Å². The minimum Gasteiger partial charge on any atom is -0.543 e. The molecule has 8 heteroatoms. The van der Waals surface area contributed by atoms with E-state index in [0.29, 0.717) is 4.68 Å². The van der Waals surface area contributed by atoms with E-state index in [1.165, 1.54) is 12.3 Å². The van der Waals surface area contributed by atoms with Crippen molar-refractivity contribution in [3.63, 3.8) is 0 Å². The van der Waals surface area contributed by atoms with Crippen molar-refractivity contribution in [2.45, 2.75) is 0 Å². The Balaban J connectivity index is 0.00000144. The molecule has 0 saturated carbocycles. The van der Waals surface area contributed by atoms with Crippen molar-refractivity contribution in [3.8, 4) is 12.3 Å². The summed E-state index contributed by atoms with van der Waals surface area (Å²) in [6, 6.07) is 1.47. The van der Waals surface area contributed by atoms with Crippen LogP contribution >= 0.6 is 0 Å². The van der Waals surface area contributed by atoms with Gasteiger partial charge in [0, 0.05) is 0 Å². The molecule has 0 aromatic carbocycles. The van der Waals surface area contributed by atoms with Crippen LogP contribution in [0, 0.1) is 22.8 Å². The van der Waals surface area contributed by atoms with Gasteiger partial charge in [-0.25, -0.2) is 0 Å². The number of carbonyl (C=O) groups is 1. The molecule has 1 heterocycles. The first-order chi connectivity index (χ1) is 5.70. The smallest absolute Gasteiger partial charge is 0.543 e. The predicted octanol–water partition coefficient (Wildman–Crippen LogP) is -5.15. The molecular weight excluding hydrogens is 169 g/mol. The number of hydrogen-bond donors (Lipinski definition) is 0. The number of aromatic nitrogens is 3. The number of nitriles is 2. The summed E-state index contributed by atoms with van der Waals surface area (Å²) in [4.78, 5) is 10.2. The fourth-order valence-corrected chi connectivity index (χ4v) is 0.590. The first-order valence-electron chi connectivity index (χ1n) is 2.68. The second kappa shape index (κ2) is 4.27. The summed E-state index contributed by atoms with van der Waals surface area (Å²) in [6.07, 6.45) is 1.45. The number of hydrogen-bond acceptors (Lipinski definition) is 6. The van der Waals surface area contributed by atoms with Gasteiger partial charge in [-0.15, -0.1) is 9.78 Å². The molecule has 0 fully saturated rings. The van der Waals surface area contributed by atoms with Crippen LogP contribution in [0.1, 0.15) is 16.2 Å². The first kappa shape index (κ1) is 11.2. The molecule has 0 aliphatic heterocycles. The van der Waals surface area contributed by atoms with Crippen molar-refractivity contribution in [1.82, 2.24) is 15.0 Å². The van der Waals surface area contributed by atoms with Crippen molar-refractivity contribution in [3.05, 3.63) is 11.4 Å². The van der Waals surface area contributed by atoms with Crippen LogP contribution in [-0.4, -0.2) is 21.0 Å². The van der Waals surface area contributed by atoms with Crippen LogP contribution in [0.2, 0.25) is 0 Å². The molecule has 1 rings (SSSR count). The normalized spacial score (nSPS) is 7.85. The van der Waals surface area contributed by atoms with Crippen molar-refractivity contribution in [2.75, 3.05) is 0 Å². The molecule has 58 valence electrons. The van der Waals surface area contributed by atoms with Gasteiger partial charge < -0.3 is 9.90 Å². The molecule has 7 nitrogen and oxygen atoms in total. The van der Waals surface area contributed by atoms with Gasteiger partial charge in [0.1, 0.15) is 11.8 Å². The van der Waals surface area contributed by atoms with Crippen LogP contribution in [0.4, 0.5) is 0 Å². The predicted molar refractivity (Wildman–Crippen MR) is 30.1 cm³/mol. The number of rotatable bonds is 1. The Kier molecular flexibility index (Phi) is 3.68. The summed E-state index contributed by atoms with van der Waals surface area (Å²) in [5, 5.41) is 33.0. The van der Waals surface area contributed by atoms with Crippen LogP contribution in [0.15, 0.2) is 0 Å². The SMILES string of the molecule is N#Cc1c(C(=O)[O-])nnn1C#N.[Li+]. The molecule has 0 atom stereocenters. The number of carboxylic acids is 1. The van der Waals surface area contributed by atoms with Gasteiger partial charge >= 0.3 is 18.9 Å². The van der Waals surface area contributed by atoms with Crippen molar-refractivity contribution in [2.24, 2.45) is 0 Å². The van der Waals surface area contributed by atoms with Gasteiger partial charge in [-0.1, -0.05) is 5.21 Å². The molecular formula is C5LiN5O2. The van der Waals surface area contributed by atoms with Crippen molar-refractivity contribution < 1.29 is 28.8 Å². The zero-order chi connectivity index (χ0) is 9.14. The summed E-state index contributed by atoms with van der Waals surface area (Å²) < 4.78 is 0.505. The average Bonchev–Trinajstić information content (AvgIpc) is 2.46. The van der Waals surface area contributed by atoms with E-state index in [0.717, 1.165) is 0 Å². The van der Waals surface area contributed by atoms with Crippen molar-refractivity contribution in [1.29, 1.82) is 10.5 Å². The maximum Gasteiger partial charge on any atom is 1.00 e. The minimum atomic E-state index is -1.63. The zero-order valence-corrected chi connectivity index (χ0v) is 6.55. The van der Waals surface area contributed by atoms with Crippen LogP contribution in [0.25, 0.3) is 0 Å². The molecule has 0 bridgehead atoms. The Hall–Kier alpha value is -1.81. The number of nitrogens with zero attached hydrogens (tertiary/aromatic N) is 5. The number of carbonyl (C=O) groups excluding carboxylic acids is 1. The van der Waals surface area contributed by atoms with Crippen LogP contribution in [-0.2, 0) is 0 Å². The molecule has 13 heavy (non-hydrogen) atoms. The van der Waals surface area contributed by atoms with E-state index in [-0.39, 0.29) is 18.9 Å². The summed E-state index contributed by atoms with van der Waals surface area (Å²) in [5.74, 6) is -1.63. The Bertz CT molecular complexity index is 412. The fourth-order valence-electron chi connectivity index (χ4n) is 0.590. The van der Waals surface area contributed by atoms with Gasteiger partial charge in [0.2, 0.25) is 6.19 Å². The van der Waals surface area contributed by atoms with Crippen LogP contribution < -0.4 is 24.0 Å². The molecule has 0 spiro atoms. The van der Waals surface area contributed by atoms with E-state index in [9.17, 15) is 9.90 Å². The van der Waals surface area contributed by atoms with Gasteiger partial charge in [-0.3, -0.25) is 0 Å². The summed E-state index contributed by atoms with van der Waals surface area (Å²) in [6.45, 7) is 0. The average molecular weight is 169 g/mol. The summed E-state index contributed by atoms with van der Waals surface area (Å²) in [7, 11) is 0. The molecule has 0 N–H and O–H groups in total. The Morgan fingerprint density at radius 1 is 1.54 bits per heavy atom. The summed E-state index contributed by atoms with van der Waals surface area (Å²) >= 11 is 0. The third-order valence-electron chi connectivity index (χ3n) is 1.06. The van der Waals surface area contributed by atoms with E-state index < -0.39 is 17.4 Å². The van der Waals surface area contributed by atoms with Gasteiger partial charge in [0.15, 0.2) is 5.69 Å². The van der Waals surface area contributed by atoms with Crippen molar-refractivity contribution >= 4 is 5.97 Å². The first-order valence-corrected chi connectivity index (χ1v) is 2.68. The maximum atomic E-state index is 10.2. The van der Waals surface area contributed by atoms with E-state index in [1.54, 1.807) is 0 Å². The van der Waals surface area contributed by atoms with E-state index in [4.69, 9.17) is 10.5 Å². The molecule has 0 radical (unpaired) electrons. The van der Waals surface area contributed by atoms with Gasteiger partial charge in [0.25, 0.3) is 0 Å². The van der Waals surface area contributed by atoms with E-state index in [1.807, 2.05) is 0 Å². The molecule has 0 amide bonds. The van der Waals surface area contributed by atoms with Crippen LogP contribution in [0.3, 0.4) is 0 Å². The molecule has 1 aromatic heterocycles. The zero-order valence-electron chi connectivity index (χ0n) is 6.55. The third kappa shape index (κ3) is 1.85. The standard InChI is InChI=1S/C5HN5O2.Li/c6-1-3-4(5(11)12)8-9-10(3)2-7;/h(H,11,12);/q;+1/p-1. The quantitative estimate of drug-likeness (QED) is 0.387. The van der Waals surface area contributed by atoms with Gasteiger partial charge in [-0.05, 0) is 0 Å². The minimum absolute atomic E-state index is 0. The van der Waals surface area contributed by atoms with Gasteiger partial charge in [-0.2, -0.15) is 10.5 Å². The molecule has 0 aliphatic rings. The van der Waals surface area contributed by atoms with Crippen LogP contribution in [0.5, 0.6) is 0 Å². The summed E-state index contributed by atoms with van der Waals surface area (Å²) in [5.41, 5.74) is -1.06. The second-order valence-electron chi connectivity index (χ2n) is 1.70.